The molecule has 4 heteroatoms. The molecule has 0 radical (unpaired) electrons. The molecule has 0 saturated heterocycles. The number of rotatable bonds is 5. The summed E-state index contributed by atoms with van der Waals surface area (Å²) in [5.74, 6) is -0.408. The fourth-order valence-corrected chi connectivity index (χ4v) is 2.80. The third-order valence-corrected chi connectivity index (χ3v) is 4.44. The topological polar surface area (TPSA) is 55.4 Å². The van der Waals surface area contributed by atoms with Crippen LogP contribution in [0, 0.1) is 0 Å². The maximum atomic E-state index is 12.4. The van der Waals surface area contributed by atoms with Crippen molar-refractivity contribution in [3.05, 3.63) is 83.9 Å². The highest BCUT2D eigenvalue weighted by Gasteiger charge is 2.17. The number of imide groups is 1. The number of methoxy groups -OCH3 is 1. The first-order valence-corrected chi connectivity index (χ1v) is 8.72. The summed E-state index contributed by atoms with van der Waals surface area (Å²) in [4.78, 5) is 24.4. The second-order valence-corrected chi connectivity index (χ2v) is 6.29. The first kappa shape index (κ1) is 18.4. The van der Waals surface area contributed by atoms with Crippen LogP contribution in [0.2, 0.25) is 0 Å². The van der Waals surface area contributed by atoms with Crippen molar-refractivity contribution in [1.82, 2.24) is 5.32 Å². The summed E-state index contributed by atoms with van der Waals surface area (Å²) in [6.07, 6.45) is 3.04. The van der Waals surface area contributed by atoms with Gasteiger partial charge in [0.25, 0.3) is 5.91 Å². The molecule has 0 bridgehead atoms. The molecule has 1 unspecified atom stereocenters. The second kappa shape index (κ2) is 8.32. The lowest BCUT2D eigenvalue weighted by atomic mass is 9.97. The first-order valence-electron chi connectivity index (χ1n) is 8.72. The highest BCUT2D eigenvalue weighted by atomic mass is 16.5. The molecule has 27 heavy (non-hydrogen) atoms. The quantitative estimate of drug-likeness (QED) is 0.691. The molecule has 3 rings (SSSR count). The molecule has 3 aromatic carbocycles. The van der Waals surface area contributed by atoms with Crippen LogP contribution in [-0.2, 0) is 9.59 Å². The van der Waals surface area contributed by atoms with Crippen LogP contribution in [0.3, 0.4) is 0 Å². The number of amides is 2. The van der Waals surface area contributed by atoms with E-state index in [4.69, 9.17) is 4.74 Å². The highest BCUT2D eigenvalue weighted by Crippen LogP contribution is 2.25. The molecule has 1 atom stereocenters. The number of carbonyl (C=O) groups excluding carboxylic acids is 2. The lowest BCUT2D eigenvalue weighted by Gasteiger charge is -2.12. The Hall–Kier alpha value is -3.40. The Morgan fingerprint density at radius 3 is 2.41 bits per heavy atom. The summed E-state index contributed by atoms with van der Waals surface area (Å²) in [5.41, 5.74) is 1.75. The minimum absolute atomic E-state index is 0.328. The Morgan fingerprint density at radius 1 is 0.963 bits per heavy atom. The largest absolute Gasteiger partial charge is 0.497 e. The van der Waals surface area contributed by atoms with Crippen molar-refractivity contribution in [2.75, 3.05) is 7.11 Å². The molecule has 0 saturated carbocycles. The van der Waals surface area contributed by atoms with E-state index >= 15 is 0 Å². The fraction of sp³-hybridized carbons (Fsp3) is 0.130. The van der Waals surface area contributed by atoms with E-state index in [2.05, 4.69) is 5.32 Å². The Morgan fingerprint density at radius 2 is 1.67 bits per heavy atom. The van der Waals surface area contributed by atoms with Crippen LogP contribution in [0.25, 0.3) is 16.8 Å². The molecular formula is C23H21NO3. The average molecular weight is 359 g/mol. The van der Waals surface area contributed by atoms with E-state index in [9.17, 15) is 9.59 Å². The molecule has 0 aromatic heterocycles. The molecular weight excluding hydrogens is 338 g/mol. The van der Waals surface area contributed by atoms with E-state index in [0.717, 1.165) is 27.6 Å². The van der Waals surface area contributed by atoms with Crippen LogP contribution < -0.4 is 10.1 Å². The monoisotopic (exact) mass is 359 g/mol. The van der Waals surface area contributed by atoms with Crippen molar-refractivity contribution in [1.29, 1.82) is 0 Å². The molecule has 0 fully saturated rings. The van der Waals surface area contributed by atoms with E-state index in [1.807, 2.05) is 66.7 Å². The van der Waals surface area contributed by atoms with Crippen molar-refractivity contribution < 1.29 is 14.3 Å². The van der Waals surface area contributed by atoms with E-state index in [0.29, 0.717) is 0 Å². The van der Waals surface area contributed by atoms with Gasteiger partial charge in [-0.15, -0.1) is 0 Å². The summed E-state index contributed by atoms with van der Waals surface area (Å²) in [5, 5.41) is 4.48. The fourth-order valence-electron chi connectivity index (χ4n) is 2.80. The van der Waals surface area contributed by atoms with Gasteiger partial charge in [-0.25, -0.2) is 0 Å². The van der Waals surface area contributed by atoms with Crippen molar-refractivity contribution in [3.63, 3.8) is 0 Å². The molecule has 0 aliphatic rings. The third-order valence-electron chi connectivity index (χ3n) is 4.44. The summed E-state index contributed by atoms with van der Waals surface area (Å²) < 4.78 is 5.23. The van der Waals surface area contributed by atoms with Crippen LogP contribution in [0.5, 0.6) is 5.75 Å². The zero-order chi connectivity index (χ0) is 19.2. The van der Waals surface area contributed by atoms with Gasteiger partial charge in [-0.1, -0.05) is 54.6 Å². The molecule has 3 aromatic rings. The SMILES string of the molecule is COc1ccc2cc(C(C)C(=O)NC(=O)/C=C/c3ccccc3)ccc2c1. The van der Waals surface area contributed by atoms with E-state index in [-0.39, 0.29) is 5.91 Å². The molecule has 0 aliphatic heterocycles. The second-order valence-electron chi connectivity index (χ2n) is 6.29. The van der Waals surface area contributed by atoms with Gasteiger partial charge in [-0.3, -0.25) is 14.9 Å². The number of nitrogens with one attached hydrogen (secondary N) is 1. The maximum absolute atomic E-state index is 12.4. The zero-order valence-electron chi connectivity index (χ0n) is 15.3. The third kappa shape index (κ3) is 4.61. The van der Waals surface area contributed by atoms with Gasteiger partial charge in [0, 0.05) is 6.08 Å². The Labute approximate surface area is 158 Å². The van der Waals surface area contributed by atoms with Gasteiger partial charge in [-0.2, -0.15) is 0 Å². The predicted molar refractivity (Wildman–Crippen MR) is 108 cm³/mol. The zero-order valence-corrected chi connectivity index (χ0v) is 15.3. The van der Waals surface area contributed by atoms with Crippen molar-refractivity contribution in [2.45, 2.75) is 12.8 Å². The molecule has 136 valence electrons. The van der Waals surface area contributed by atoms with Gasteiger partial charge >= 0.3 is 0 Å². The lowest BCUT2D eigenvalue weighted by molar-refractivity contribution is -0.128. The minimum atomic E-state index is -0.439. The lowest BCUT2D eigenvalue weighted by Crippen LogP contribution is -2.32. The molecule has 1 N–H and O–H groups in total. The van der Waals surface area contributed by atoms with Gasteiger partial charge in [0.2, 0.25) is 5.91 Å². The standard InChI is InChI=1S/C23H21NO3/c1-16(18-9-10-20-15-21(27-2)12-11-19(20)14-18)23(26)24-22(25)13-8-17-6-4-3-5-7-17/h3-16H,1-2H3,(H,24,25,26)/b13-8+. The molecule has 4 nitrogen and oxygen atoms in total. The number of fused-ring (bicyclic) bond motifs is 1. The number of carbonyl (C=O) groups is 2. The number of hydrogen-bond acceptors (Lipinski definition) is 3. The smallest absolute Gasteiger partial charge is 0.250 e. The molecule has 0 aliphatic carbocycles. The average Bonchev–Trinajstić information content (AvgIpc) is 2.71. The van der Waals surface area contributed by atoms with Gasteiger partial charge in [0.05, 0.1) is 13.0 Å². The minimum Gasteiger partial charge on any atom is -0.497 e. The van der Waals surface area contributed by atoms with Gasteiger partial charge in [-0.05, 0) is 47.0 Å². The normalized spacial score (nSPS) is 12.1. The summed E-state index contributed by atoms with van der Waals surface area (Å²) in [6, 6.07) is 21.1. The van der Waals surface area contributed by atoms with Gasteiger partial charge in [0.15, 0.2) is 0 Å². The summed E-state index contributed by atoms with van der Waals surface area (Å²) in [6.45, 7) is 1.79. The Balaban J connectivity index is 1.68. The van der Waals surface area contributed by atoms with Crippen LogP contribution in [0.15, 0.2) is 72.8 Å². The van der Waals surface area contributed by atoms with E-state index in [1.165, 1.54) is 6.08 Å². The number of ether oxygens (including phenoxy) is 1. The number of benzene rings is 3. The molecule has 0 heterocycles. The Kier molecular flexibility index (Phi) is 5.67. The molecule has 2 amide bonds. The van der Waals surface area contributed by atoms with Crippen molar-refractivity contribution in [3.8, 4) is 5.75 Å². The van der Waals surface area contributed by atoms with Crippen LogP contribution in [0.4, 0.5) is 0 Å². The van der Waals surface area contributed by atoms with E-state index < -0.39 is 11.8 Å². The van der Waals surface area contributed by atoms with Gasteiger partial charge < -0.3 is 4.74 Å². The van der Waals surface area contributed by atoms with Gasteiger partial charge in [0.1, 0.15) is 5.75 Å². The van der Waals surface area contributed by atoms with Crippen molar-refractivity contribution >= 4 is 28.7 Å². The molecule has 0 spiro atoms. The summed E-state index contributed by atoms with van der Waals surface area (Å²) >= 11 is 0. The maximum Gasteiger partial charge on any atom is 0.250 e. The van der Waals surface area contributed by atoms with E-state index in [1.54, 1.807) is 20.1 Å². The highest BCUT2D eigenvalue weighted by molar-refractivity contribution is 6.04. The van der Waals surface area contributed by atoms with Crippen LogP contribution >= 0.6 is 0 Å². The van der Waals surface area contributed by atoms with Crippen molar-refractivity contribution in [2.24, 2.45) is 0 Å². The summed E-state index contributed by atoms with van der Waals surface area (Å²) in [7, 11) is 1.63. The van der Waals surface area contributed by atoms with Crippen LogP contribution in [0.1, 0.15) is 24.0 Å². The Bertz CT molecular complexity index is 993. The predicted octanol–water partition coefficient (Wildman–Crippen LogP) is 4.31. The first-order chi connectivity index (χ1) is 13.1. The van der Waals surface area contributed by atoms with Crippen LogP contribution in [-0.4, -0.2) is 18.9 Å². The number of hydrogen-bond donors (Lipinski definition) is 1.